The molecule has 0 bridgehead atoms. The number of rotatable bonds is 8. The Labute approximate surface area is 118 Å². The molecule has 4 N–H and O–H groups in total. The van der Waals surface area contributed by atoms with Gasteiger partial charge in [-0.25, -0.2) is 13.1 Å². The number of thioether (sulfide) groups is 1. The Balaban J connectivity index is 2.52. The van der Waals surface area contributed by atoms with Crippen molar-refractivity contribution in [1.29, 1.82) is 0 Å². The van der Waals surface area contributed by atoms with Gasteiger partial charge in [-0.2, -0.15) is 11.8 Å². The predicted octanol–water partition coefficient (Wildman–Crippen LogP) is 0.971. The van der Waals surface area contributed by atoms with Gasteiger partial charge in [0.2, 0.25) is 10.0 Å². The van der Waals surface area contributed by atoms with Crippen LogP contribution in [0.15, 0.2) is 23.1 Å². The standard InChI is InChI=1S/C12H20N2O3S2/c1-10-9-11(13)3-4-12(10)19(16,17)14-5-8-18-7-2-6-15/h3-4,9,14-15H,2,5-8,13H2,1H3. The second-order valence-corrected chi connectivity index (χ2v) is 7.07. The molecule has 0 atom stereocenters. The molecule has 108 valence electrons. The number of sulfonamides is 1. The smallest absolute Gasteiger partial charge is 0.240 e. The molecule has 0 aromatic heterocycles. The van der Waals surface area contributed by atoms with Gasteiger partial charge in [-0.05, 0) is 42.9 Å². The van der Waals surface area contributed by atoms with E-state index in [0.717, 1.165) is 12.2 Å². The van der Waals surface area contributed by atoms with Crippen LogP contribution < -0.4 is 10.5 Å². The van der Waals surface area contributed by atoms with Crippen LogP contribution >= 0.6 is 11.8 Å². The molecule has 0 fully saturated rings. The highest BCUT2D eigenvalue weighted by Crippen LogP contribution is 2.17. The molecule has 7 heteroatoms. The maximum absolute atomic E-state index is 12.1. The van der Waals surface area contributed by atoms with Crippen molar-refractivity contribution < 1.29 is 13.5 Å². The molecular weight excluding hydrogens is 284 g/mol. The van der Waals surface area contributed by atoms with Gasteiger partial charge in [-0.15, -0.1) is 0 Å². The van der Waals surface area contributed by atoms with Crippen molar-refractivity contribution in [2.75, 3.05) is 30.4 Å². The summed E-state index contributed by atoms with van der Waals surface area (Å²) in [5.41, 5.74) is 6.79. The number of nitrogen functional groups attached to an aromatic ring is 1. The summed E-state index contributed by atoms with van der Waals surface area (Å²) < 4.78 is 26.7. The third-order valence-corrected chi connectivity index (χ3v) is 5.17. The van der Waals surface area contributed by atoms with Crippen LogP contribution in [-0.2, 0) is 10.0 Å². The molecular formula is C12H20N2O3S2. The van der Waals surface area contributed by atoms with E-state index in [0.29, 0.717) is 23.5 Å². The molecule has 0 radical (unpaired) electrons. The van der Waals surface area contributed by atoms with E-state index >= 15 is 0 Å². The number of aryl methyl sites for hydroxylation is 1. The SMILES string of the molecule is Cc1cc(N)ccc1S(=O)(=O)NCCSCCCO. The summed E-state index contributed by atoms with van der Waals surface area (Å²) >= 11 is 1.61. The molecule has 0 unspecified atom stereocenters. The Kier molecular flexibility index (Phi) is 6.64. The van der Waals surface area contributed by atoms with Gasteiger partial charge in [0.25, 0.3) is 0 Å². The first-order valence-electron chi connectivity index (χ1n) is 6.02. The molecule has 1 rings (SSSR count). The molecule has 0 saturated heterocycles. The van der Waals surface area contributed by atoms with Crippen molar-refractivity contribution in [3.05, 3.63) is 23.8 Å². The molecule has 1 aromatic carbocycles. The normalized spacial score (nSPS) is 11.7. The van der Waals surface area contributed by atoms with Crippen molar-refractivity contribution in [2.45, 2.75) is 18.2 Å². The Bertz CT molecular complexity index is 504. The third kappa shape index (κ3) is 5.40. The van der Waals surface area contributed by atoms with Crippen molar-refractivity contribution >= 4 is 27.5 Å². The van der Waals surface area contributed by atoms with Crippen LogP contribution in [0.3, 0.4) is 0 Å². The number of anilines is 1. The summed E-state index contributed by atoms with van der Waals surface area (Å²) in [5, 5.41) is 8.62. The molecule has 0 amide bonds. The van der Waals surface area contributed by atoms with Gasteiger partial charge in [-0.3, -0.25) is 0 Å². The van der Waals surface area contributed by atoms with Crippen molar-refractivity contribution in [3.8, 4) is 0 Å². The van der Waals surface area contributed by atoms with Crippen LogP contribution in [0.1, 0.15) is 12.0 Å². The minimum Gasteiger partial charge on any atom is -0.399 e. The van der Waals surface area contributed by atoms with Crippen LogP contribution in [-0.4, -0.2) is 38.2 Å². The fourth-order valence-corrected chi connectivity index (χ4v) is 3.74. The van der Waals surface area contributed by atoms with Gasteiger partial charge >= 0.3 is 0 Å². The highest BCUT2D eigenvalue weighted by molar-refractivity contribution is 7.99. The summed E-state index contributed by atoms with van der Waals surface area (Å²) in [6.45, 7) is 2.27. The molecule has 1 aromatic rings. The fraction of sp³-hybridized carbons (Fsp3) is 0.500. The van der Waals surface area contributed by atoms with E-state index in [4.69, 9.17) is 10.8 Å². The van der Waals surface area contributed by atoms with Gasteiger partial charge in [0.1, 0.15) is 0 Å². The summed E-state index contributed by atoms with van der Waals surface area (Å²) in [6.07, 6.45) is 0.731. The lowest BCUT2D eigenvalue weighted by Crippen LogP contribution is -2.26. The van der Waals surface area contributed by atoms with E-state index in [-0.39, 0.29) is 11.5 Å². The average molecular weight is 304 g/mol. The molecule has 0 heterocycles. The van der Waals surface area contributed by atoms with E-state index in [1.165, 1.54) is 6.07 Å². The maximum Gasteiger partial charge on any atom is 0.240 e. The summed E-state index contributed by atoms with van der Waals surface area (Å²) in [4.78, 5) is 0.266. The van der Waals surface area contributed by atoms with Gasteiger partial charge in [0, 0.05) is 24.6 Å². The number of benzene rings is 1. The lowest BCUT2D eigenvalue weighted by molar-refractivity contribution is 0.296. The number of hydrogen-bond donors (Lipinski definition) is 3. The van der Waals surface area contributed by atoms with Crippen LogP contribution in [0.25, 0.3) is 0 Å². The minimum absolute atomic E-state index is 0.170. The van der Waals surface area contributed by atoms with Gasteiger partial charge in [0.15, 0.2) is 0 Å². The van der Waals surface area contributed by atoms with Crippen molar-refractivity contribution in [2.24, 2.45) is 0 Å². The Morgan fingerprint density at radius 3 is 2.74 bits per heavy atom. The topological polar surface area (TPSA) is 92.4 Å². The first-order valence-corrected chi connectivity index (χ1v) is 8.65. The lowest BCUT2D eigenvalue weighted by atomic mass is 10.2. The average Bonchev–Trinajstić information content (AvgIpc) is 2.33. The Hall–Kier alpha value is -0.760. The fourth-order valence-electron chi connectivity index (χ4n) is 1.57. The van der Waals surface area contributed by atoms with Crippen LogP contribution in [0.2, 0.25) is 0 Å². The zero-order chi connectivity index (χ0) is 14.3. The third-order valence-electron chi connectivity index (χ3n) is 2.47. The largest absolute Gasteiger partial charge is 0.399 e. The molecule has 0 saturated carbocycles. The van der Waals surface area contributed by atoms with E-state index < -0.39 is 10.0 Å². The highest BCUT2D eigenvalue weighted by Gasteiger charge is 2.15. The first kappa shape index (κ1) is 16.3. The molecule has 0 aliphatic rings. The van der Waals surface area contributed by atoms with Gasteiger partial charge in [-0.1, -0.05) is 0 Å². The van der Waals surface area contributed by atoms with E-state index in [1.807, 2.05) is 0 Å². The molecule has 0 aliphatic carbocycles. The highest BCUT2D eigenvalue weighted by atomic mass is 32.2. The molecule has 0 aliphatic heterocycles. The second kappa shape index (κ2) is 7.74. The van der Waals surface area contributed by atoms with Crippen LogP contribution in [0.4, 0.5) is 5.69 Å². The van der Waals surface area contributed by atoms with Crippen LogP contribution in [0, 0.1) is 6.92 Å². The second-order valence-electron chi connectivity index (χ2n) is 4.11. The number of aliphatic hydroxyl groups is 1. The van der Waals surface area contributed by atoms with Gasteiger partial charge < -0.3 is 10.8 Å². The summed E-state index contributed by atoms with van der Waals surface area (Å²) in [5.74, 6) is 1.52. The van der Waals surface area contributed by atoms with Crippen LogP contribution in [0.5, 0.6) is 0 Å². The maximum atomic E-state index is 12.1. The first-order chi connectivity index (χ1) is 8.97. The van der Waals surface area contributed by atoms with E-state index in [2.05, 4.69) is 4.72 Å². The van der Waals surface area contributed by atoms with Crippen molar-refractivity contribution in [1.82, 2.24) is 4.72 Å². The predicted molar refractivity (Wildman–Crippen MR) is 79.8 cm³/mol. The summed E-state index contributed by atoms with van der Waals surface area (Å²) in [6, 6.07) is 4.74. The number of aliphatic hydroxyl groups excluding tert-OH is 1. The number of hydrogen-bond acceptors (Lipinski definition) is 5. The lowest BCUT2D eigenvalue weighted by Gasteiger charge is -2.09. The summed E-state index contributed by atoms with van der Waals surface area (Å²) in [7, 11) is -3.47. The quantitative estimate of drug-likeness (QED) is 0.491. The zero-order valence-corrected chi connectivity index (χ0v) is 12.6. The Morgan fingerprint density at radius 1 is 1.37 bits per heavy atom. The van der Waals surface area contributed by atoms with E-state index in [1.54, 1.807) is 30.8 Å². The molecule has 19 heavy (non-hydrogen) atoms. The van der Waals surface area contributed by atoms with Gasteiger partial charge in [0.05, 0.1) is 4.90 Å². The number of nitrogens with one attached hydrogen (secondary N) is 1. The minimum atomic E-state index is -3.47. The number of nitrogens with two attached hydrogens (primary N) is 1. The Morgan fingerprint density at radius 2 is 2.11 bits per heavy atom. The molecule has 5 nitrogen and oxygen atoms in total. The monoisotopic (exact) mass is 304 g/mol. The zero-order valence-electron chi connectivity index (χ0n) is 10.9. The van der Waals surface area contributed by atoms with E-state index in [9.17, 15) is 8.42 Å². The van der Waals surface area contributed by atoms with Crippen molar-refractivity contribution in [3.63, 3.8) is 0 Å². The molecule has 0 spiro atoms.